The number of ether oxygens (including phenoxy) is 1. The number of carbonyl (C=O) groups excluding carboxylic acids is 2. The molecule has 0 N–H and O–H groups in total. The first-order chi connectivity index (χ1) is 14.6. The Bertz CT molecular complexity index is 885. The number of amides is 2. The Kier molecular flexibility index (Phi) is 5.21. The minimum Gasteiger partial charge on any atom is -0.478 e. The van der Waals surface area contributed by atoms with Crippen LogP contribution in [-0.2, 0) is 9.59 Å². The molecule has 4 atom stereocenters. The number of nitrogens with zero attached hydrogens (tertiary/aromatic N) is 2. The quantitative estimate of drug-likeness (QED) is 0.621. The van der Waals surface area contributed by atoms with Crippen molar-refractivity contribution in [2.24, 2.45) is 11.8 Å². The van der Waals surface area contributed by atoms with E-state index in [9.17, 15) is 9.59 Å². The normalized spacial score (nSPS) is 31.8. The summed E-state index contributed by atoms with van der Waals surface area (Å²) >= 11 is 12.3. The lowest BCUT2D eigenvalue weighted by atomic mass is 9.75. The van der Waals surface area contributed by atoms with E-state index < -0.39 is 9.93 Å². The molecule has 2 bridgehead atoms. The number of hydrogen-bond acceptors (Lipinski definition) is 3. The number of hydrogen-bond donors (Lipinski definition) is 0. The molecule has 0 radical (unpaired) electrons. The maximum Gasteiger partial charge on any atom is 0.266 e. The third-order valence-corrected chi connectivity index (χ3v) is 8.30. The number of rotatable bonds is 4. The van der Waals surface area contributed by atoms with Crippen LogP contribution in [0.1, 0.15) is 57.4 Å². The van der Waals surface area contributed by atoms with Gasteiger partial charge in [-0.15, -0.1) is 23.2 Å². The predicted octanol–water partition coefficient (Wildman–Crippen LogP) is 4.36. The van der Waals surface area contributed by atoms with Gasteiger partial charge in [0.1, 0.15) is 10.1 Å². The molecule has 0 spiro atoms. The summed E-state index contributed by atoms with van der Waals surface area (Å²) in [4.78, 5) is 29.9. The third kappa shape index (κ3) is 4.04. The molecule has 4 aliphatic rings. The van der Waals surface area contributed by atoms with Crippen LogP contribution in [0.5, 0.6) is 5.75 Å². The van der Waals surface area contributed by atoms with Crippen molar-refractivity contribution in [3.63, 3.8) is 0 Å². The molecule has 0 aromatic heterocycles. The van der Waals surface area contributed by atoms with Crippen LogP contribution in [0.4, 0.5) is 0 Å². The predicted molar refractivity (Wildman–Crippen MR) is 120 cm³/mol. The molecule has 5 nitrogen and oxygen atoms in total. The minimum absolute atomic E-state index is 0.0181. The lowest BCUT2D eigenvalue weighted by molar-refractivity contribution is -0.156. The Morgan fingerprint density at radius 1 is 1.16 bits per heavy atom. The number of likely N-dealkylation sites (tertiary alicyclic amines) is 1. The van der Waals surface area contributed by atoms with E-state index in [1.54, 1.807) is 0 Å². The lowest BCUT2D eigenvalue weighted by Crippen LogP contribution is -2.63. The second-order valence-electron chi connectivity index (χ2n) is 10.3. The monoisotopic (exact) mass is 464 g/mol. The van der Waals surface area contributed by atoms with Gasteiger partial charge in [0.05, 0.1) is 0 Å². The van der Waals surface area contributed by atoms with Crippen molar-refractivity contribution in [2.75, 3.05) is 19.6 Å². The van der Waals surface area contributed by atoms with Crippen LogP contribution < -0.4 is 4.74 Å². The maximum atomic E-state index is 13.4. The van der Waals surface area contributed by atoms with Crippen molar-refractivity contribution in [3.8, 4) is 5.75 Å². The lowest BCUT2D eigenvalue weighted by Gasteiger charge is -2.53. The molecule has 1 saturated carbocycles. The largest absolute Gasteiger partial charge is 0.478 e. The fourth-order valence-corrected chi connectivity index (χ4v) is 6.40. The van der Waals surface area contributed by atoms with Crippen LogP contribution in [-0.4, -0.2) is 57.2 Å². The molecular formula is C24H30Cl2N2O3. The topological polar surface area (TPSA) is 49.9 Å². The van der Waals surface area contributed by atoms with Gasteiger partial charge in [-0.05, 0) is 69.1 Å². The second kappa shape index (κ2) is 7.55. The van der Waals surface area contributed by atoms with E-state index in [-0.39, 0.29) is 11.8 Å². The molecule has 4 fully saturated rings. The zero-order chi connectivity index (χ0) is 22.0. The van der Waals surface area contributed by atoms with Crippen molar-refractivity contribution in [3.05, 3.63) is 29.8 Å². The summed E-state index contributed by atoms with van der Waals surface area (Å²) < 4.78 is 5.50. The molecule has 1 aromatic rings. The third-order valence-electron chi connectivity index (χ3n) is 7.46. The van der Waals surface area contributed by atoms with Crippen LogP contribution in [0.3, 0.4) is 0 Å². The van der Waals surface area contributed by atoms with Crippen molar-refractivity contribution in [1.82, 2.24) is 9.80 Å². The standard InChI is InChI=1S/C24H30Cl2N2O3/c1-23(2,31-18-8-6-16(7-9-18)19-11-24(19,25)26)22(30)27-12-15-10-17(14-27)20-4-3-5-21(29)28(20)13-15/h6-9,15,17,19-20H,3-5,10-14H2,1-2H3/t15-,17+,19+,20+/m1/s1. The van der Waals surface area contributed by atoms with E-state index in [4.69, 9.17) is 27.9 Å². The number of alkyl halides is 2. The van der Waals surface area contributed by atoms with E-state index >= 15 is 0 Å². The Balaban J connectivity index is 1.25. The van der Waals surface area contributed by atoms with Crippen molar-refractivity contribution in [1.29, 1.82) is 0 Å². The zero-order valence-corrected chi connectivity index (χ0v) is 19.7. The van der Waals surface area contributed by atoms with Gasteiger partial charge in [0.25, 0.3) is 5.91 Å². The molecule has 5 rings (SSSR count). The van der Waals surface area contributed by atoms with Gasteiger partial charge in [-0.25, -0.2) is 0 Å². The van der Waals surface area contributed by atoms with E-state index in [0.29, 0.717) is 49.0 Å². The summed E-state index contributed by atoms with van der Waals surface area (Å²) in [6, 6.07) is 8.04. The molecule has 3 heterocycles. The Hall–Kier alpha value is -1.46. The highest BCUT2D eigenvalue weighted by atomic mass is 35.5. The smallest absolute Gasteiger partial charge is 0.266 e. The molecule has 7 heteroatoms. The van der Waals surface area contributed by atoms with Gasteiger partial charge in [0.2, 0.25) is 5.91 Å². The molecule has 2 amide bonds. The summed E-state index contributed by atoms with van der Waals surface area (Å²) in [6.45, 7) is 5.88. The number of carbonyl (C=O) groups is 2. The Morgan fingerprint density at radius 3 is 2.55 bits per heavy atom. The second-order valence-corrected chi connectivity index (χ2v) is 11.8. The maximum absolute atomic E-state index is 13.4. The first-order valence-corrected chi connectivity index (χ1v) is 12.2. The van der Waals surface area contributed by atoms with Crippen LogP contribution in [0.2, 0.25) is 0 Å². The van der Waals surface area contributed by atoms with Gasteiger partial charge < -0.3 is 14.5 Å². The highest BCUT2D eigenvalue weighted by Crippen LogP contribution is 2.59. The van der Waals surface area contributed by atoms with Gasteiger partial charge >= 0.3 is 0 Å². The van der Waals surface area contributed by atoms with Gasteiger partial charge in [0, 0.05) is 38.0 Å². The number of halogens is 2. The summed E-state index contributed by atoms with van der Waals surface area (Å²) in [5.41, 5.74) is 0.134. The molecule has 1 aliphatic carbocycles. The van der Waals surface area contributed by atoms with Crippen LogP contribution >= 0.6 is 23.2 Å². The molecule has 168 valence electrons. The van der Waals surface area contributed by atoms with Crippen molar-refractivity contribution >= 4 is 35.0 Å². The highest BCUT2D eigenvalue weighted by Gasteiger charge is 2.52. The average molecular weight is 465 g/mol. The summed E-state index contributed by atoms with van der Waals surface area (Å²) in [5.74, 6) is 1.88. The Labute approximate surface area is 194 Å². The van der Waals surface area contributed by atoms with Crippen molar-refractivity contribution < 1.29 is 14.3 Å². The minimum atomic E-state index is -0.961. The summed E-state index contributed by atoms with van der Waals surface area (Å²) in [7, 11) is 0. The van der Waals surface area contributed by atoms with Crippen LogP contribution in [0.25, 0.3) is 0 Å². The molecule has 3 aliphatic heterocycles. The molecular weight excluding hydrogens is 435 g/mol. The van der Waals surface area contributed by atoms with E-state index in [1.807, 2.05) is 43.0 Å². The molecule has 0 unspecified atom stereocenters. The summed E-state index contributed by atoms with van der Waals surface area (Å²) in [5, 5.41) is 0. The average Bonchev–Trinajstić information content (AvgIpc) is 3.36. The van der Waals surface area contributed by atoms with E-state index in [2.05, 4.69) is 4.90 Å². The first-order valence-electron chi connectivity index (χ1n) is 11.4. The Morgan fingerprint density at radius 2 is 1.87 bits per heavy atom. The molecule has 31 heavy (non-hydrogen) atoms. The van der Waals surface area contributed by atoms with Gasteiger partial charge in [-0.3, -0.25) is 9.59 Å². The van der Waals surface area contributed by atoms with E-state index in [0.717, 1.165) is 37.8 Å². The number of benzene rings is 1. The fraction of sp³-hybridized carbons (Fsp3) is 0.667. The highest BCUT2D eigenvalue weighted by molar-refractivity contribution is 6.51. The van der Waals surface area contributed by atoms with E-state index in [1.165, 1.54) is 0 Å². The SMILES string of the molecule is CC(C)(Oc1ccc([C@@H]2CC2(Cl)Cl)cc1)C(=O)N1C[C@H]2C[C@@H](C1)[C@@H]1CCCC(=O)N1C2. The fourth-order valence-electron chi connectivity index (χ4n) is 5.84. The van der Waals surface area contributed by atoms with Crippen LogP contribution in [0, 0.1) is 11.8 Å². The van der Waals surface area contributed by atoms with Gasteiger partial charge in [0.15, 0.2) is 5.60 Å². The molecule has 1 aromatic carbocycles. The number of fused-ring (bicyclic) bond motifs is 4. The van der Waals surface area contributed by atoms with Crippen LogP contribution in [0.15, 0.2) is 24.3 Å². The zero-order valence-electron chi connectivity index (χ0n) is 18.2. The van der Waals surface area contributed by atoms with Crippen molar-refractivity contribution in [2.45, 2.75) is 67.8 Å². The number of piperidine rings is 3. The van der Waals surface area contributed by atoms with Gasteiger partial charge in [-0.1, -0.05) is 12.1 Å². The molecule has 3 saturated heterocycles. The van der Waals surface area contributed by atoms with Gasteiger partial charge in [-0.2, -0.15) is 0 Å². The summed E-state index contributed by atoms with van der Waals surface area (Å²) in [6.07, 6.45) is 4.58. The first kappa shape index (κ1) is 21.4.